The summed E-state index contributed by atoms with van der Waals surface area (Å²) in [6.07, 6.45) is -6.57. The number of carbonyl (C=O) groups is 1. The van der Waals surface area contributed by atoms with E-state index in [9.17, 15) is 31.9 Å². The van der Waals surface area contributed by atoms with Crippen molar-refractivity contribution in [3.05, 3.63) is 62.6 Å². The molecule has 1 aliphatic heterocycles. The van der Waals surface area contributed by atoms with Crippen molar-refractivity contribution in [1.29, 1.82) is 0 Å². The van der Waals surface area contributed by atoms with Crippen LogP contribution in [0.3, 0.4) is 0 Å². The molecule has 4 atom stereocenters. The Morgan fingerprint density at radius 2 is 1.81 bits per heavy atom. The van der Waals surface area contributed by atoms with Crippen LogP contribution in [-0.4, -0.2) is 48.0 Å². The molecule has 1 aromatic heterocycles. The number of amides is 1. The van der Waals surface area contributed by atoms with Gasteiger partial charge in [-0.1, -0.05) is 13.0 Å². The van der Waals surface area contributed by atoms with Crippen LogP contribution in [0.2, 0.25) is 0 Å². The third kappa shape index (κ3) is 4.32. The minimum Gasteiger partial charge on any atom is -0.494 e. The Balaban J connectivity index is 1.78. The van der Waals surface area contributed by atoms with Gasteiger partial charge in [-0.3, -0.25) is 14.6 Å². The number of H-pyrrole nitrogens is 2. The number of fused-ring (bicyclic) bond motifs is 1. The molecule has 0 bridgehead atoms. The van der Waals surface area contributed by atoms with Gasteiger partial charge in [-0.25, -0.2) is 4.79 Å². The molecule has 2 heterocycles. The van der Waals surface area contributed by atoms with Gasteiger partial charge in [0.15, 0.2) is 17.1 Å². The number of aromatic nitrogens is 2. The fourth-order valence-corrected chi connectivity index (χ4v) is 4.66. The second-order valence-electron chi connectivity index (χ2n) is 8.82. The van der Waals surface area contributed by atoms with Crippen molar-refractivity contribution in [3.8, 4) is 11.5 Å². The van der Waals surface area contributed by atoms with Crippen LogP contribution in [0.5, 0.6) is 11.5 Å². The van der Waals surface area contributed by atoms with Gasteiger partial charge in [-0.2, -0.15) is 17.6 Å². The second kappa shape index (κ2) is 9.21. The number of anilines is 1. The van der Waals surface area contributed by atoms with E-state index in [1.165, 1.54) is 44.4 Å². The lowest BCUT2D eigenvalue weighted by atomic mass is 9.77. The zero-order valence-corrected chi connectivity index (χ0v) is 20.1. The first-order valence-electron chi connectivity index (χ1n) is 11.0. The van der Waals surface area contributed by atoms with E-state index in [-0.39, 0.29) is 33.7 Å². The summed E-state index contributed by atoms with van der Waals surface area (Å²) in [5, 5.41) is 2.60. The molecule has 0 radical (unpaired) electrons. The minimum atomic E-state index is -4.86. The van der Waals surface area contributed by atoms with E-state index in [0.717, 1.165) is 14.0 Å². The Bertz CT molecular complexity index is 1480. The average Bonchev–Trinajstić information content (AvgIpc) is 3.10. The molecular formula is C24H23F4N3O6. The molecular weight excluding hydrogens is 502 g/mol. The Kier molecular flexibility index (Phi) is 6.52. The van der Waals surface area contributed by atoms with E-state index in [0.29, 0.717) is 0 Å². The van der Waals surface area contributed by atoms with Gasteiger partial charge in [-0.15, -0.1) is 0 Å². The fraction of sp³-hybridized carbons (Fsp3) is 0.375. The summed E-state index contributed by atoms with van der Waals surface area (Å²) >= 11 is 0. The third-order valence-corrected chi connectivity index (χ3v) is 6.81. The highest BCUT2D eigenvalue weighted by molar-refractivity contribution is 5.97. The van der Waals surface area contributed by atoms with E-state index in [4.69, 9.17) is 14.2 Å². The maximum absolute atomic E-state index is 15.0. The molecule has 1 amide bonds. The number of ether oxygens (including phenoxy) is 3. The van der Waals surface area contributed by atoms with Crippen molar-refractivity contribution < 1.29 is 36.6 Å². The maximum Gasteiger partial charge on any atom is 0.417 e. The maximum atomic E-state index is 15.0. The van der Waals surface area contributed by atoms with E-state index in [2.05, 4.69) is 15.3 Å². The molecule has 3 aromatic rings. The smallest absolute Gasteiger partial charge is 0.417 e. The van der Waals surface area contributed by atoms with Gasteiger partial charge < -0.3 is 24.5 Å². The quantitative estimate of drug-likeness (QED) is 0.439. The van der Waals surface area contributed by atoms with Gasteiger partial charge in [0.05, 0.1) is 25.1 Å². The molecule has 0 spiro atoms. The molecule has 1 saturated heterocycles. The zero-order valence-electron chi connectivity index (χ0n) is 20.1. The molecule has 4 rings (SSSR count). The largest absolute Gasteiger partial charge is 0.494 e. The first-order chi connectivity index (χ1) is 17.3. The molecule has 37 heavy (non-hydrogen) atoms. The monoisotopic (exact) mass is 525 g/mol. The lowest BCUT2D eigenvalue weighted by Crippen LogP contribution is -2.47. The third-order valence-electron chi connectivity index (χ3n) is 6.81. The molecule has 0 saturated carbocycles. The van der Waals surface area contributed by atoms with E-state index in [1.807, 2.05) is 0 Å². The highest BCUT2D eigenvalue weighted by Crippen LogP contribution is 2.55. The van der Waals surface area contributed by atoms with Gasteiger partial charge >= 0.3 is 11.9 Å². The topological polar surface area (TPSA) is 123 Å². The Labute approximate surface area is 206 Å². The van der Waals surface area contributed by atoms with Crippen molar-refractivity contribution in [3.63, 3.8) is 0 Å². The number of nitrogens with one attached hydrogen (secondary N) is 3. The molecule has 4 unspecified atom stereocenters. The fourth-order valence-electron chi connectivity index (χ4n) is 4.66. The zero-order chi connectivity index (χ0) is 27.3. The van der Waals surface area contributed by atoms with Gasteiger partial charge in [0, 0.05) is 23.1 Å². The van der Waals surface area contributed by atoms with Crippen LogP contribution < -0.4 is 26.0 Å². The van der Waals surface area contributed by atoms with Crippen LogP contribution in [0.25, 0.3) is 10.9 Å². The summed E-state index contributed by atoms with van der Waals surface area (Å²) in [7, 11) is 2.37. The number of alkyl halides is 3. The van der Waals surface area contributed by atoms with Crippen molar-refractivity contribution >= 4 is 22.5 Å². The number of hydrogen-bond donors (Lipinski definition) is 3. The summed E-state index contributed by atoms with van der Waals surface area (Å²) in [5.74, 6) is -5.05. The van der Waals surface area contributed by atoms with Gasteiger partial charge in [0.1, 0.15) is 6.10 Å². The molecule has 9 nitrogen and oxygen atoms in total. The van der Waals surface area contributed by atoms with Crippen LogP contribution in [-0.2, 0) is 9.53 Å². The van der Waals surface area contributed by atoms with E-state index >= 15 is 0 Å². The van der Waals surface area contributed by atoms with Crippen LogP contribution in [0, 0.1) is 11.7 Å². The summed E-state index contributed by atoms with van der Waals surface area (Å²) in [5.41, 5.74) is -3.99. The lowest BCUT2D eigenvalue weighted by molar-refractivity contribution is -0.272. The van der Waals surface area contributed by atoms with E-state index < -0.39 is 52.7 Å². The lowest BCUT2D eigenvalue weighted by Gasteiger charge is -2.32. The summed E-state index contributed by atoms with van der Waals surface area (Å²) in [6.45, 7) is 2.09. The van der Waals surface area contributed by atoms with Crippen LogP contribution in [0.15, 0.2) is 39.9 Å². The highest BCUT2D eigenvalue weighted by Gasteiger charge is 2.65. The number of methoxy groups -OCH3 is 2. The normalized spacial score (nSPS) is 23.7. The molecule has 2 aromatic carbocycles. The molecule has 1 fully saturated rings. The second-order valence-corrected chi connectivity index (χ2v) is 8.82. The average molecular weight is 525 g/mol. The first-order valence-corrected chi connectivity index (χ1v) is 11.0. The number of carbonyl (C=O) groups excluding carboxylic acids is 1. The summed E-state index contributed by atoms with van der Waals surface area (Å²) in [6, 6.07) is 6.53. The molecule has 3 N–H and O–H groups in total. The molecule has 1 aliphatic rings. The predicted molar refractivity (Wildman–Crippen MR) is 125 cm³/mol. The number of hydrogen-bond acceptors (Lipinski definition) is 6. The summed E-state index contributed by atoms with van der Waals surface area (Å²) in [4.78, 5) is 41.3. The van der Waals surface area contributed by atoms with Gasteiger partial charge in [0.25, 0.3) is 11.5 Å². The Morgan fingerprint density at radius 3 is 2.43 bits per heavy atom. The van der Waals surface area contributed by atoms with Crippen molar-refractivity contribution in [2.45, 2.75) is 37.6 Å². The molecule has 0 aliphatic carbocycles. The van der Waals surface area contributed by atoms with Crippen LogP contribution >= 0.6 is 0 Å². The van der Waals surface area contributed by atoms with Crippen molar-refractivity contribution in [2.75, 3.05) is 19.5 Å². The molecule has 13 heteroatoms. The van der Waals surface area contributed by atoms with E-state index in [1.54, 1.807) is 0 Å². The van der Waals surface area contributed by atoms with Crippen LogP contribution in [0.1, 0.15) is 25.3 Å². The number of aromatic amines is 2. The number of benzene rings is 2. The SMILES string of the molecule is COc1ccc(C2C(C(=O)Nc3ccc4c(=O)[nH]c(=O)[nH]c4c3)OC(C)(C(F)(F)F)C2C)c(OC)c1F. The van der Waals surface area contributed by atoms with Crippen molar-refractivity contribution in [2.24, 2.45) is 5.92 Å². The van der Waals surface area contributed by atoms with Gasteiger partial charge in [-0.05, 0) is 31.2 Å². The predicted octanol–water partition coefficient (Wildman–Crippen LogP) is 3.45. The highest BCUT2D eigenvalue weighted by atomic mass is 19.4. The minimum absolute atomic E-state index is 0.00389. The van der Waals surface area contributed by atoms with Crippen LogP contribution in [0.4, 0.5) is 23.2 Å². The number of halogens is 4. The Hall–Kier alpha value is -3.87. The molecule has 198 valence electrons. The number of rotatable bonds is 5. The van der Waals surface area contributed by atoms with Crippen molar-refractivity contribution in [1.82, 2.24) is 9.97 Å². The first kappa shape index (κ1) is 26.2. The van der Waals surface area contributed by atoms with Gasteiger partial charge in [0.2, 0.25) is 5.82 Å². The Morgan fingerprint density at radius 1 is 1.11 bits per heavy atom. The standard InChI is InChI=1S/C24H23F4N3O6/c1-10-16(13-7-8-15(35-3)17(25)18(13)36-4)19(37-23(10,2)24(26,27)28)21(33)29-11-5-6-12-14(9-11)30-22(34)31-20(12)32/h5-10,16,19H,1-4H3,(H,29,33)(H2,30,31,32,34). The summed E-state index contributed by atoms with van der Waals surface area (Å²) < 4.78 is 72.8.